The largest absolute Gasteiger partial charge is 0.510 e. The van der Waals surface area contributed by atoms with E-state index in [2.05, 4.69) is 4.74 Å². The fourth-order valence-corrected chi connectivity index (χ4v) is 4.84. The first-order valence-corrected chi connectivity index (χ1v) is 12.5. The van der Waals surface area contributed by atoms with Crippen LogP contribution in [0, 0.1) is 0 Å². The molecule has 3 heterocycles. The van der Waals surface area contributed by atoms with E-state index in [-0.39, 0.29) is 30.1 Å². The highest BCUT2D eigenvalue weighted by Crippen LogP contribution is 2.37. The molecule has 0 radical (unpaired) electrons. The molecule has 0 N–H and O–H groups in total. The maximum absolute atomic E-state index is 13.8. The first kappa shape index (κ1) is 25.2. The second kappa shape index (κ2) is 11.3. The van der Waals surface area contributed by atoms with Gasteiger partial charge in [0.05, 0.1) is 13.7 Å². The molecule has 1 amide bonds. The van der Waals surface area contributed by atoms with E-state index in [4.69, 9.17) is 14.2 Å². The molecule has 0 saturated carbocycles. The molecular weight excluding hydrogens is 490 g/mol. The van der Waals surface area contributed by atoms with E-state index in [1.54, 1.807) is 15.8 Å². The second-order valence-electron chi connectivity index (χ2n) is 8.97. The number of benzene rings is 2. The van der Waals surface area contributed by atoms with Crippen molar-refractivity contribution < 1.29 is 28.5 Å². The molecule has 3 aromatic rings. The number of rotatable bonds is 4. The zero-order valence-corrected chi connectivity index (χ0v) is 21.1. The van der Waals surface area contributed by atoms with Crippen molar-refractivity contribution in [1.82, 2.24) is 9.58 Å². The van der Waals surface area contributed by atoms with Gasteiger partial charge in [0.25, 0.3) is 5.91 Å². The average molecular weight is 520 g/mol. The molecule has 2 aliphatic rings. The van der Waals surface area contributed by atoms with Crippen molar-refractivity contribution in [1.29, 1.82) is 0 Å². The number of ether oxygens (including phenoxy) is 4. The van der Waals surface area contributed by atoms with Gasteiger partial charge >= 0.3 is 6.16 Å². The van der Waals surface area contributed by atoms with Crippen LogP contribution < -0.4 is 19.9 Å². The van der Waals surface area contributed by atoms with Gasteiger partial charge in [-0.1, -0.05) is 48.5 Å². The Morgan fingerprint density at radius 3 is 2.61 bits per heavy atom. The molecule has 10 nitrogen and oxygen atoms in total. The summed E-state index contributed by atoms with van der Waals surface area (Å²) in [6, 6.07) is 18.8. The van der Waals surface area contributed by atoms with Gasteiger partial charge in [0.2, 0.25) is 18.0 Å². The number of para-hydroxylation sites is 1. The van der Waals surface area contributed by atoms with Crippen LogP contribution in [0.4, 0.5) is 4.79 Å². The van der Waals surface area contributed by atoms with Crippen LogP contribution in [0.25, 0.3) is 0 Å². The van der Waals surface area contributed by atoms with Gasteiger partial charge in [0, 0.05) is 24.4 Å². The number of pyridine rings is 1. The lowest BCUT2D eigenvalue weighted by molar-refractivity contribution is 0.0134. The van der Waals surface area contributed by atoms with Crippen LogP contribution in [0.15, 0.2) is 71.7 Å². The predicted molar refractivity (Wildman–Crippen MR) is 138 cm³/mol. The molecule has 1 aromatic heterocycles. The highest BCUT2D eigenvalue weighted by Gasteiger charge is 2.37. The summed E-state index contributed by atoms with van der Waals surface area (Å²) in [5.74, 6) is 0.232. The van der Waals surface area contributed by atoms with Crippen LogP contribution in [0.3, 0.4) is 0 Å². The SMILES string of the molecule is COC(=O)OCOc1c2n(ccc1=O)N1CN(CCCCCOc3ccccc3[C@H]1c1ccccc1)C2=O. The number of carbonyl (C=O) groups excluding carboxylic acids is 2. The van der Waals surface area contributed by atoms with E-state index in [1.807, 2.05) is 59.6 Å². The molecule has 0 fully saturated rings. The van der Waals surface area contributed by atoms with Crippen molar-refractivity contribution in [2.45, 2.75) is 25.3 Å². The number of nitrogens with zero attached hydrogens (tertiary/aromatic N) is 3. The molecule has 1 atom stereocenters. The topological polar surface area (TPSA) is 99.5 Å². The van der Waals surface area contributed by atoms with Crippen LogP contribution in [0.1, 0.15) is 46.9 Å². The van der Waals surface area contributed by atoms with Crippen molar-refractivity contribution in [3.8, 4) is 11.5 Å². The lowest BCUT2D eigenvalue weighted by atomic mass is 9.97. The Labute approximate surface area is 219 Å². The number of amides is 1. The Morgan fingerprint density at radius 1 is 1.00 bits per heavy atom. The van der Waals surface area contributed by atoms with Crippen LogP contribution in [-0.2, 0) is 9.47 Å². The third-order valence-electron chi connectivity index (χ3n) is 6.62. The quantitative estimate of drug-likeness (QED) is 0.380. The average Bonchev–Trinajstić information content (AvgIpc) is 2.94. The van der Waals surface area contributed by atoms with Gasteiger partial charge in [-0.3, -0.25) is 19.3 Å². The zero-order valence-electron chi connectivity index (χ0n) is 21.1. The van der Waals surface area contributed by atoms with Crippen molar-refractivity contribution >= 4 is 12.1 Å². The first-order valence-electron chi connectivity index (χ1n) is 12.5. The fraction of sp³-hybridized carbons (Fsp3) is 0.321. The molecule has 0 aliphatic carbocycles. The molecule has 2 bridgehead atoms. The molecule has 2 aromatic carbocycles. The molecule has 198 valence electrons. The van der Waals surface area contributed by atoms with E-state index in [0.29, 0.717) is 13.2 Å². The lowest BCUT2D eigenvalue weighted by Gasteiger charge is -2.44. The Balaban J connectivity index is 1.68. The van der Waals surface area contributed by atoms with Gasteiger partial charge in [0.15, 0.2) is 5.69 Å². The van der Waals surface area contributed by atoms with Gasteiger partial charge < -0.3 is 23.8 Å². The number of fused-ring (bicyclic) bond motifs is 5. The van der Waals surface area contributed by atoms with Crippen molar-refractivity contribution in [3.05, 3.63) is 93.9 Å². The van der Waals surface area contributed by atoms with E-state index >= 15 is 0 Å². The van der Waals surface area contributed by atoms with Gasteiger partial charge in [0.1, 0.15) is 18.5 Å². The summed E-state index contributed by atoms with van der Waals surface area (Å²) in [4.78, 5) is 39.8. The van der Waals surface area contributed by atoms with Crippen LogP contribution in [-0.4, -0.2) is 55.4 Å². The summed E-state index contributed by atoms with van der Waals surface area (Å²) in [5, 5.41) is 2.02. The van der Waals surface area contributed by atoms with Crippen molar-refractivity contribution in [2.24, 2.45) is 0 Å². The normalized spacial score (nSPS) is 17.2. The highest BCUT2D eigenvalue weighted by atomic mass is 16.8. The summed E-state index contributed by atoms with van der Waals surface area (Å²) >= 11 is 0. The van der Waals surface area contributed by atoms with Crippen molar-refractivity contribution in [2.75, 3.05) is 38.7 Å². The third-order valence-corrected chi connectivity index (χ3v) is 6.62. The summed E-state index contributed by atoms with van der Waals surface area (Å²) in [7, 11) is 1.17. The summed E-state index contributed by atoms with van der Waals surface area (Å²) < 4.78 is 22.8. The smallest absolute Gasteiger partial charge is 0.493 e. The Morgan fingerprint density at radius 2 is 1.79 bits per heavy atom. The Bertz CT molecular complexity index is 1360. The maximum Gasteiger partial charge on any atom is 0.510 e. The number of hydrogen-bond donors (Lipinski definition) is 0. The predicted octanol–water partition coefficient (Wildman–Crippen LogP) is 3.67. The summed E-state index contributed by atoms with van der Waals surface area (Å²) in [5.41, 5.74) is 1.47. The molecule has 0 saturated heterocycles. The number of hydrogen-bond acceptors (Lipinski definition) is 8. The van der Waals surface area contributed by atoms with Crippen LogP contribution in [0.5, 0.6) is 11.5 Å². The molecule has 0 unspecified atom stereocenters. The van der Waals surface area contributed by atoms with Gasteiger partial charge in [-0.25, -0.2) is 4.79 Å². The van der Waals surface area contributed by atoms with E-state index in [0.717, 1.165) is 36.1 Å². The standard InChI is InChI=1S/C28H29N3O7/c1-35-28(34)38-19-37-26-22(32)14-16-30-25(26)27(33)29-15-8-3-9-17-36-23-13-7-6-12-21(23)24(31(30)18-29)20-10-4-2-5-11-20/h2,4-7,10-14,16,24H,3,8-9,15,17-19H2,1H3/t24-/m1/s1. The van der Waals surface area contributed by atoms with Gasteiger partial charge in [-0.05, 0) is 30.9 Å². The molecule has 38 heavy (non-hydrogen) atoms. The van der Waals surface area contributed by atoms with Crippen LogP contribution in [0.2, 0.25) is 0 Å². The number of carbonyl (C=O) groups is 2. The van der Waals surface area contributed by atoms with E-state index in [1.165, 1.54) is 13.2 Å². The van der Waals surface area contributed by atoms with Gasteiger partial charge in [-0.2, -0.15) is 0 Å². The Hall–Kier alpha value is -4.47. The van der Waals surface area contributed by atoms with Crippen LogP contribution >= 0.6 is 0 Å². The van der Waals surface area contributed by atoms with Crippen molar-refractivity contribution in [3.63, 3.8) is 0 Å². The third kappa shape index (κ3) is 5.02. The minimum absolute atomic E-state index is 0.0635. The number of aromatic nitrogens is 1. The zero-order chi connectivity index (χ0) is 26.5. The molecule has 0 spiro atoms. The number of methoxy groups -OCH3 is 1. The first-order chi connectivity index (χ1) is 18.6. The van der Waals surface area contributed by atoms with Gasteiger partial charge in [-0.15, -0.1) is 0 Å². The minimum Gasteiger partial charge on any atom is -0.493 e. The lowest BCUT2D eigenvalue weighted by Crippen LogP contribution is -2.56. The minimum atomic E-state index is -0.959. The molecule has 2 aliphatic heterocycles. The summed E-state index contributed by atoms with van der Waals surface area (Å²) in [6.45, 7) is 0.777. The highest BCUT2D eigenvalue weighted by molar-refractivity contribution is 5.96. The molecule has 10 heteroatoms. The summed E-state index contributed by atoms with van der Waals surface area (Å²) in [6.07, 6.45) is 3.13. The van der Waals surface area contributed by atoms with E-state index < -0.39 is 18.4 Å². The van der Waals surface area contributed by atoms with E-state index in [9.17, 15) is 14.4 Å². The maximum atomic E-state index is 13.8. The monoisotopic (exact) mass is 519 g/mol. The molecular formula is C28H29N3O7. The fourth-order valence-electron chi connectivity index (χ4n) is 4.84. The molecule has 5 rings (SSSR count). The second-order valence-corrected chi connectivity index (χ2v) is 8.97. The Kier molecular flexibility index (Phi) is 7.48.